The number of hydrogen-bond acceptors (Lipinski definition) is 7. The molecule has 5 atom stereocenters. The van der Waals surface area contributed by atoms with Gasteiger partial charge in [0.15, 0.2) is 0 Å². The van der Waals surface area contributed by atoms with E-state index in [4.69, 9.17) is 9.47 Å². The molecule has 0 aromatic heterocycles. The van der Waals surface area contributed by atoms with E-state index in [1.807, 2.05) is 11.9 Å². The van der Waals surface area contributed by atoms with Crippen molar-refractivity contribution in [1.82, 2.24) is 15.1 Å². The first-order chi connectivity index (χ1) is 16.8. The minimum atomic E-state index is -0.921. The molecule has 2 N–H and O–H groups in total. The molecule has 194 valence electrons. The van der Waals surface area contributed by atoms with Gasteiger partial charge in [0.1, 0.15) is 11.8 Å². The highest BCUT2D eigenvalue weighted by atomic mass is 16.5. The first kappa shape index (κ1) is 27.1. The third kappa shape index (κ3) is 6.59. The number of likely N-dealkylation sites (N-methyl/N-ethyl adjacent to an activating group) is 2. The Labute approximate surface area is 207 Å². The Morgan fingerprint density at radius 3 is 2.17 bits per heavy atom. The minimum Gasteiger partial charge on any atom is -0.480 e. The van der Waals surface area contributed by atoms with Gasteiger partial charge in [0.05, 0.1) is 24.0 Å². The van der Waals surface area contributed by atoms with E-state index in [0.717, 1.165) is 31.5 Å². The van der Waals surface area contributed by atoms with Gasteiger partial charge in [-0.2, -0.15) is 0 Å². The lowest BCUT2D eigenvalue weighted by molar-refractivity contribution is -0.149. The second kappa shape index (κ2) is 12.5. The fourth-order valence-corrected chi connectivity index (χ4v) is 4.96. The van der Waals surface area contributed by atoms with Crippen molar-refractivity contribution in [3.05, 3.63) is 29.8 Å². The number of fused-ring (bicyclic) bond motifs is 2. The van der Waals surface area contributed by atoms with E-state index in [-0.39, 0.29) is 18.1 Å². The van der Waals surface area contributed by atoms with Crippen LogP contribution in [0.1, 0.15) is 38.7 Å². The van der Waals surface area contributed by atoms with Gasteiger partial charge >= 0.3 is 11.9 Å². The number of nitrogens with zero attached hydrogens (tertiary/aromatic N) is 2. The smallest absolute Gasteiger partial charge is 0.321 e. The van der Waals surface area contributed by atoms with E-state index >= 15 is 0 Å². The van der Waals surface area contributed by atoms with Crippen LogP contribution in [0.2, 0.25) is 0 Å². The predicted octanol–water partition coefficient (Wildman–Crippen LogP) is 1.79. The average Bonchev–Trinajstić information content (AvgIpc) is 3.46. The molecule has 3 saturated heterocycles. The molecule has 3 aliphatic rings. The number of carboxylic acid groups (broad SMARTS) is 1. The maximum atomic E-state index is 13.3. The van der Waals surface area contributed by atoms with E-state index in [2.05, 4.69) is 24.1 Å². The molecule has 9 heteroatoms. The molecule has 3 heterocycles. The number of ether oxygens (including phenoxy) is 2. The normalized spacial score (nSPS) is 26.6. The first-order valence-corrected chi connectivity index (χ1v) is 12.6. The number of nitrogens with one attached hydrogen (secondary N) is 1. The summed E-state index contributed by atoms with van der Waals surface area (Å²) < 4.78 is 11.6. The monoisotopic (exact) mass is 489 g/mol. The Hall–Kier alpha value is -2.49. The number of aliphatic carboxylic acids is 1. The minimum absolute atomic E-state index is 0.00521. The van der Waals surface area contributed by atoms with Gasteiger partial charge in [-0.3, -0.25) is 14.4 Å². The van der Waals surface area contributed by atoms with Crippen molar-refractivity contribution in [2.24, 2.45) is 11.8 Å². The lowest BCUT2D eigenvalue weighted by Gasteiger charge is -2.36. The lowest BCUT2D eigenvalue weighted by Crippen LogP contribution is -2.52. The first-order valence-electron chi connectivity index (χ1n) is 12.6. The zero-order chi connectivity index (χ0) is 25.5. The van der Waals surface area contributed by atoms with Crippen molar-refractivity contribution < 1.29 is 29.0 Å². The summed E-state index contributed by atoms with van der Waals surface area (Å²) in [6, 6.07) is 6.14. The number of carboxylic acids is 1. The standard InChI is InChI=1S/C23H31N3O6.C3H8/c1-24-16(22(28)29)13-14-3-5-15(6-4-14)31-23(30)20-18-8-7-17(32-18)19(20)21(27)26-11-9-25(2)10-12-26;1-3-2/h3-6,16-20,24H,7-13H2,1-2H3,(H,28,29);3H2,1-2H3/t16?,17-,18+,19?,20?;/m0./s1. The highest BCUT2D eigenvalue weighted by Crippen LogP contribution is 2.45. The molecule has 1 aromatic carbocycles. The van der Waals surface area contributed by atoms with Gasteiger partial charge in [0.25, 0.3) is 0 Å². The van der Waals surface area contributed by atoms with Gasteiger partial charge in [-0.15, -0.1) is 0 Å². The van der Waals surface area contributed by atoms with Crippen molar-refractivity contribution in [2.75, 3.05) is 40.3 Å². The van der Waals surface area contributed by atoms with Gasteiger partial charge in [-0.25, -0.2) is 0 Å². The molecule has 3 unspecified atom stereocenters. The van der Waals surface area contributed by atoms with E-state index < -0.39 is 29.8 Å². The molecule has 9 nitrogen and oxygen atoms in total. The van der Waals surface area contributed by atoms with Gasteiger partial charge < -0.3 is 29.7 Å². The molecule has 3 aliphatic heterocycles. The van der Waals surface area contributed by atoms with E-state index in [1.165, 1.54) is 6.42 Å². The fourth-order valence-electron chi connectivity index (χ4n) is 4.96. The maximum absolute atomic E-state index is 13.3. The number of rotatable bonds is 7. The summed E-state index contributed by atoms with van der Waals surface area (Å²) in [6.07, 6.45) is 2.63. The van der Waals surface area contributed by atoms with Gasteiger partial charge in [-0.1, -0.05) is 32.4 Å². The average molecular weight is 490 g/mol. The maximum Gasteiger partial charge on any atom is 0.321 e. The highest BCUT2D eigenvalue weighted by Gasteiger charge is 2.57. The largest absolute Gasteiger partial charge is 0.480 e. The Balaban J connectivity index is 0.00000108. The summed E-state index contributed by atoms with van der Waals surface area (Å²) in [5.74, 6) is -2.07. The Morgan fingerprint density at radius 2 is 1.63 bits per heavy atom. The summed E-state index contributed by atoms with van der Waals surface area (Å²) in [4.78, 5) is 41.6. The van der Waals surface area contributed by atoms with Crippen LogP contribution in [0.5, 0.6) is 5.75 Å². The number of carbonyl (C=O) groups excluding carboxylic acids is 2. The van der Waals surface area contributed by atoms with Crippen LogP contribution >= 0.6 is 0 Å². The summed E-state index contributed by atoms with van der Waals surface area (Å²) in [5, 5.41) is 11.9. The van der Waals surface area contributed by atoms with Crippen molar-refractivity contribution >= 4 is 17.8 Å². The Morgan fingerprint density at radius 1 is 1.06 bits per heavy atom. The van der Waals surface area contributed by atoms with E-state index in [0.29, 0.717) is 25.3 Å². The van der Waals surface area contributed by atoms with Crippen LogP contribution in [0.15, 0.2) is 24.3 Å². The number of esters is 1. The molecular weight excluding hydrogens is 450 g/mol. The van der Waals surface area contributed by atoms with Crippen molar-refractivity contribution in [1.29, 1.82) is 0 Å². The summed E-state index contributed by atoms with van der Waals surface area (Å²) >= 11 is 0. The zero-order valence-corrected chi connectivity index (χ0v) is 21.2. The van der Waals surface area contributed by atoms with Crippen LogP contribution in [-0.4, -0.2) is 91.3 Å². The van der Waals surface area contributed by atoms with E-state index in [1.54, 1.807) is 31.3 Å². The summed E-state index contributed by atoms with van der Waals surface area (Å²) in [6.45, 7) is 7.23. The zero-order valence-electron chi connectivity index (χ0n) is 21.2. The Bertz CT molecular complexity index is 868. The third-order valence-corrected chi connectivity index (χ3v) is 6.87. The number of piperazine rings is 1. The van der Waals surface area contributed by atoms with E-state index in [9.17, 15) is 19.5 Å². The van der Waals surface area contributed by atoms with Crippen molar-refractivity contribution in [3.8, 4) is 5.75 Å². The summed E-state index contributed by atoms with van der Waals surface area (Å²) in [7, 11) is 3.64. The molecule has 4 rings (SSSR count). The van der Waals surface area contributed by atoms with Crippen molar-refractivity contribution in [3.63, 3.8) is 0 Å². The molecule has 0 aliphatic carbocycles. The molecule has 3 fully saturated rings. The van der Waals surface area contributed by atoms with Crippen LogP contribution in [0.4, 0.5) is 0 Å². The lowest BCUT2D eigenvalue weighted by atomic mass is 9.78. The molecule has 0 radical (unpaired) electrons. The Kier molecular flexibility index (Phi) is 9.65. The van der Waals surface area contributed by atoms with Crippen LogP contribution in [0.3, 0.4) is 0 Å². The molecule has 0 saturated carbocycles. The topological polar surface area (TPSA) is 108 Å². The molecule has 1 aromatic rings. The molecule has 1 amide bonds. The van der Waals surface area contributed by atoms with Crippen LogP contribution in [0.25, 0.3) is 0 Å². The molecule has 0 spiro atoms. The van der Waals surface area contributed by atoms with Crippen LogP contribution in [-0.2, 0) is 25.5 Å². The van der Waals surface area contributed by atoms with Crippen LogP contribution < -0.4 is 10.1 Å². The van der Waals surface area contributed by atoms with Gasteiger partial charge in [-0.05, 0) is 51.1 Å². The molecule has 35 heavy (non-hydrogen) atoms. The highest BCUT2D eigenvalue weighted by molar-refractivity contribution is 5.88. The number of hydrogen-bond donors (Lipinski definition) is 2. The SMILES string of the molecule is CCC.CNC(Cc1ccc(OC(=O)C2C(C(=O)N3CCN(C)CC3)[C@@H]3CC[C@H]2O3)cc1)C(=O)O. The molecular formula is C26H39N3O6. The quantitative estimate of drug-likeness (QED) is 0.441. The van der Waals surface area contributed by atoms with Crippen LogP contribution in [0, 0.1) is 11.8 Å². The second-order valence-corrected chi connectivity index (χ2v) is 9.63. The predicted molar refractivity (Wildman–Crippen MR) is 131 cm³/mol. The van der Waals surface area contributed by atoms with Gasteiger partial charge in [0, 0.05) is 26.2 Å². The van der Waals surface area contributed by atoms with Crippen molar-refractivity contribution in [2.45, 2.75) is 57.8 Å². The summed E-state index contributed by atoms with van der Waals surface area (Å²) in [5.41, 5.74) is 0.818. The number of carbonyl (C=O) groups is 3. The number of benzene rings is 1. The second-order valence-electron chi connectivity index (χ2n) is 9.63. The fraction of sp³-hybridized carbons (Fsp3) is 0.654. The molecule has 2 bridgehead atoms. The number of amides is 1. The van der Waals surface area contributed by atoms with Gasteiger partial charge in [0.2, 0.25) is 5.91 Å². The third-order valence-electron chi connectivity index (χ3n) is 6.87.